The molecule has 0 saturated heterocycles. The fourth-order valence-electron chi connectivity index (χ4n) is 1.10. The lowest BCUT2D eigenvalue weighted by Crippen LogP contribution is -1.83. The summed E-state index contributed by atoms with van der Waals surface area (Å²) in [5.41, 5.74) is 1.55. The molecular formula is C8H7NO2S. The number of aromatic nitrogens is 1. The van der Waals surface area contributed by atoms with Crippen molar-refractivity contribution in [2.45, 2.75) is 6.61 Å². The van der Waals surface area contributed by atoms with E-state index >= 15 is 0 Å². The molecule has 0 bridgehead atoms. The van der Waals surface area contributed by atoms with Crippen molar-refractivity contribution in [1.82, 2.24) is 5.16 Å². The highest BCUT2D eigenvalue weighted by Gasteiger charge is 2.05. The number of para-hydroxylation sites is 1. The van der Waals surface area contributed by atoms with Crippen LogP contribution < -0.4 is 0 Å². The number of benzene rings is 1. The number of rotatable bonds is 2. The van der Waals surface area contributed by atoms with E-state index in [-0.39, 0.29) is 0 Å². The SMILES string of the molecule is SOCc1noc2ccccc12. The van der Waals surface area contributed by atoms with Gasteiger partial charge in [-0.3, -0.25) is 0 Å². The van der Waals surface area contributed by atoms with Crippen LogP contribution in [-0.2, 0) is 10.8 Å². The van der Waals surface area contributed by atoms with Crippen molar-refractivity contribution in [3.05, 3.63) is 30.0 Å². The number of fused-ring (bicyclic) bond motifs is 1. The summed E-state index contributed by atoms with van der Waals surface area (Å²) >= 11 is 3.65. The highest BCUT2D eigenvalue weighted by Crippen LogP contribution is 2.18. The fourth-order valence-corrected chi connectivity index (χ4v) is 1.23. The highest BCUT2D eigenvalue weighted by molar-refractivity contribution is 7.75. The summed E-state index contributed by atoms with van der Waals surface area (Å²) in [7, 11) is 0. The molecular weight excluding hydrogens is 174 g/mol. The Hall–Kier alpha value is -1.00. The fraction of sp³-hybridized carbons (Fsp3) is 0.125. The van der Waals surface area contributed by atoms with E-state index in [2.05, 4.69) is 22.2 Å². The van der Waals surface area contributed by atoms with Crippen LogP contribution in [-0.4, -0.2) is 5.16 Å². The molecule has 0 aliphatic heterocycles. The van der Waals surface area contributed by atoms with Gasteiger partial charge < -0.3 is 8.71 Å². The van der Waals surface area contributed by atoms with E-state index in [1.54, 1.807) is 0 Å². The molecule has 0 radical (unpaired) electrons. The largest absolute Gasteiger partial charge is 0.356 e. The molecule has 12 heavy (non-hydrogen) atoms. The number of hydrogen-bond donors (Lipinski definition) is 1. The molecule has 4 heteroatoms. The molecule has 2 aromatic rings. The summed E-state index contributed by atoms with van der Waals surface area (Å²) in [4.78, 5) is 0. The van der Waals surface area contributed by atoms with Gasteiger partial charge in [0.15, 0.2) is 5.58 Å². The molecule has 0 unspecified atom stereocenters. The van der Waals surface area contributed by atoms with Crippen molar-refractivity contribution in [3.63, 3.8) is 0 Å². The van der Waals surface area contributed by atoms with Crippen LogP contribution in [0.3, 0.4) is 0 Å². The molecule has 0 fully saturated rings. The molecule has 3 nitrogen and oxygen atoms in total. The Balaban J connectivity index is 2.55. The third kappa shape index (κ3) is 1.19. The van der Waals surface area contributed by atoms with Crippen molar-refractivity contribution in [2.75, 3.05) is 0 Å². The molecule has 0 aliphatic rings. The van der Waals surface area contributed by atoms with Gasteiger partial charge in [0, 0.05) is 5.39 Å². The third-order valence-electron chi connectivity index (χ3n) is 1.65. The summed E-state index contributed by atoms with van der Waals surface area (Å²) in [6.45, 7) is 0.361. The van der Waals surface area contributed by atoms with Crippen LogP contribution in [0.5, 0.6) is 0 Å². The molecule has 2 rings (SSSR count). The number of nitrogens with zero attached hydrogens (tertiary/aromatic N) is 1. The van der Waals surface area contributed by atoms with Gasteiger partial charge in [-0.15, -0.1) is 0 Å². The number of thiol groups is 1. The van der Waals surface area contributed by atoms with Gasteiger partial charge in [-0.1, -0.05) is 17.3 Å². The number of hydrogen-bond acceptors (Lipinski definition) is 4. The minimum absolute atomic E-state index is 0.361. The molecule has 1 heterocycles. The quantitative estimate of drug-likeness (QED) is 0.569. The Morgan fingerprint density at radius 1 is 1.42 bits per heavy atom. The van der Waals surface area contributed by atoms with Gasteiger partial charge in [0.1, 0.15) is 12.3 Å². The maximum Gasteiger partial charge on any atom is 0.167 e. The van der Waals surface area contributed by atoms with E-state index in [0.29, 0.717) is 6.61 Å². The van der Waals surface area contributed by atoms with Crippen LogP contribution in [0.2, 0.25) is 0 Å². The lowest BCUT2D eigenvalue weighted by Gasteiger charge is -1.89. The standard InChI is InChI=1S/C8H7NO2S/c12-10-5-7-6-3-1-2-4-8(6)11-9-7/h1-4,12H,5H2. The summed E-state index contributed by atoms with van der Waals surface area (Å²) in [5.74, 6) is 0. The van der Waals surface area contributed by atoms with Crippen molar-refractivity contribution in [1.29, 1.82) is 0 Å². The van der Waals surface area contributed by atoms with Gasteiger partial charge in [-0.25, -0.2) is 0 Å². The van der Waals surface area contributed by atoms with E-state index in [1.807, 2.05) is 24.3 Å². The van der Waals surface area contributed by atoms with Crippen LogP contribution in [0.4, 0.5) is 0 Å². The molecule has 0 N–H and O–H groups in total. The topological polar surface area (TPSA) is 35.3 Å². The minimum Gasteiger partial charge on any atom is -0.356 e. The van der Waals surface area contributed by atoms with E-state index in [9.17, 15) is 0 Å². The first-order valence-electron chi connectivity index (χ1n) is 3.51. The van der Waals surface area contributed by atoms with Crippen molar-refractivity contribution in [3.8, 4) is 0 Å². The highest BCUT2D eigenvalue weighted by atomic mass is 32.1. The van der Waals surface area contributed by atoms with Crippen LogP contribution in [0.25, 0.3) is 11.0 Å². The monoisotopic (exact) mass is 181 g/mol. The average molecular weight is 181 g/mol. The zero-order valence-corrected chi connectivity index (χ0v) is 7.12. The Morgan fingerprint density at radius 3 is 3.08 bits per heavy atom. The smallest absolute Gasteiger partial charge is 0.167 e. The second-order valence-electron chi connectivity index (χ2n) is 2.40. The molecule has 1 aromatic carbocycles. The Morgan fingerprint density at radius 2 is 2.25 bits per heavy atom. The Labute approximate surface area is 74.9 Å². The van der Waals surface area contributed by atoms with Crippen LogP contribution in [0.1, 0.15) is 5.69 Å². The lowest BCUT2D eigenvalue weighted by molar-refractivity contribution is 0.346. The van der Waals surface area contributed by atoms with Gasteiger partial charge >= 0.3 is 0 Å². The summed E-state index contributed by atoms with van der Waals surface area (Å²) in [6, 6.07) is 7.64. The first-order chi connectivity index (χ1) is 5.92. The van der Waals surface area contributed by atoms with E-state index in [4.69, 9.17) is 4.52 Å². The molecule has 0 spiro atoms. The van der Waals surface area contributed by atoms with Crippen molar-refractivity contribution in [2.24, 2.45) is 0 Å². The lowest BCUT2D eigenvalue weighted by atomic mass is 10.2. The molecule has 62 valence electrons. The van der Waals surface area contributed by atoms with Gasteiger partial charge in [0.25, 0.3) is 0 Å². The van der Waals surface area contributed by atoms with Crippen molar-refractivity contribution >= 4 is 23.9 Å². The summed E-state index contributed by atoms with van der Waals surface area (Å²) in [5, 5.41) is 4.81. The van der Waals surface area contributed by atoms with Gasteiger partial charge in [0.05, 0.1) is 0 Å². The van der Waals surface area contributed by atoms with E-state index < -0.39 is 0 Å². The summed E-state index contributed by atoms with van der Waals surface area (Å²) < 4.78 is 9.70. The third-order valence-corrected chi connectivity index (χ3v) is 1.78. The Bertz CT molecular complexity index is 385. The second-order valence-corrected chi connectivity index (χ2v) is 2.66. The van der Waals surface area contributed by atoms with Gasteiger partial charge in [-0.2, -0.15) is 0 Å². The van der Waals surface area contributed by atoms with Crippen LogP contribution >= 0.6 is 12.9 Å². The first kappa shape index (κ1) is 7.64. The average Bonchev–Trinajstić information content (AvgIpc) is 2.50. The molecule has 0 atom stereocenters. The molecule has 0 amide bonds. The van der Waals surface area contributed by atoms with Crippen molar-refractivity contribution < 1.29 is 8.71 Å². The van der Waals surface area contributed by atoms with Crippen LogP contribution in [0, 0.1) is 0 Å². The maximum absolute atomic E-state index is 5.04. The zero-order valence-electron chi connectivity index (χ0n) is 6.23. The second kappa shape index (κ2) is 3.16. The maximum atomic E-state index is 5.04. The molecule has 0 saturated carbocycles. The normalized spacial score (nSPS) is 10.8. The Kier molecular flexibility index (Phi) is 2.01. The predicted octanol–water partition coefficient (Wildman–Crippen LogP) is 2.19. The summed E-state index contributed by atoms with van der Waals surface area (Å²) in [6.07, 6.45) is 0. The molecule has 0 aliphatic carbocycles. The van der Waals surface area contributed by atoms with Gasteiger partial charge in [0.2, 0.25) is 0 Å². The predicted molar refractivity (Wildman–Crippen MR) is 47.8 cm³/mol. The zero-order chi connectivity index (χ0) is 8.39. The minimum atomic E-state index is 0.361. The van der Waals surface area contributed by atoms with E-state index in [1.165, 1.54) is 0 Å². The van der Waals surface area contributed by atoms with Crippen LogP contribution in [0.15, 0.2) is 28.8 Å². The van der Waals surface area contributed by atoms with E-state index in [0.717, 1.165) is 16.7 Å². The van der Waals surface area contributed by atoms with Gasteiger partial charge in [-0.05, 0) is 25.0 Å². The first-order valence-corrected chi connectivity index (χ1v) is 3.88. The molecule has 1 aromatic heterocycles.